The van der Waals surface area contributed by atoms with Gasteiger partial charge in [-0.25, -0.2) is 0 Å². The first-order chi connectivity index (χ1) is 16.6. The second-order valence-corrected chi connectivity index (χ2v) is 9.12. The quantitative estimate of drug-likeness (QED) is 0.550. The Morgan fingerprint density at radius 1 is 0.971 bits per heavy atom. The molecule has 0 unspecified atom stereocenters. The molecule has 0 spiro atoms. The molecule has 0 bridgehead atoms. The van der Waals surface area contributed by atoms with Crippen LogP contribution in [0.15, 0.2) is 72.8 Å². The third-order valence-electron chi connectivity index (χ3n) is 7.02. The highest BCUT2D eigenvalue weighted by Crippen LogP contribution is 2.39. The van der Waals surface area contributed by atoms with Gasteiger partial charge in [-0.15, -0.1) is 0 Å². The highest BCUT2D eigenvalue weighted by atomic mass is 16.5. The molecular weight excluding hydrogens is 426 g/mol. The van der Waals surface area contributed by atoms with Crippen LogP contribution in [0.1, 0.15) is 45.8 Å². The summed E-state index contributed by atoms with van der Waals surface area (Å²) in [5, 5.41) is 0. The Balaban J connectivity index is 1.32. The lowest BCUT2D eigenvalue weighted by Gasteiger charge is -2.37. The Labute approximate surface area is 200 Å². The first kappa shape index (κ1) is 22.2. The lowest BCUT2D eigenvalue weighted by molar-refractivity contribution is -0.121. The molecule has 174 valence electrons. The summed E-state index contributed by atoms with van der Waals surface area (Å²) in [6.07, 6.45) is 2.20. The van der Waals surface area contributed by atoms with Gasteiger partial charge >= 0.3 is 0 Å². The minimum absolute atomic E-state index is 0.0278. The smallest absolute Gasteiger partial charge is 0.253 e. The van der Waals surface area contributed by atoms with Crippen molar-refractivity contribution in [2.45, 2.75) is 25.2 Å². The van der Waals surface area contributed by atoms with Crippen LogP contribution in [0.2, 0.25) is 0 Å². The van der Waals surface area contributed by atoms with Crippen LogP contribution in [0.4, 0.5) is 0 Å². The van der Waals surface area contributed by atoms with Crippen LogP contribution < -0.4 is 9.47 Å². The van der Waals surface area contributed by atoms with Crippen molar-refractivity contribution in [2.75, 3.05) is 26.8 Å². The summed E-state index contributed by atoms with van der Waals surface area (Å²) in [4.78, 5) is 26.9. The second-order valence-electron chi connectivity index (χ2n) is 9.12. The van der Waals surface area contributed by atoms with Crippen LogP contribution in [-0.4, -0.2) is 43.4 Å². The summed E-state index contributed by atoms with van der Waals surface area (Å²) >= 11 is 0. The minimum Gasteiger partial charge on any atom is -0.497 e. The fourth-order valence-electron chi connectivity index (χ4n) is 5.24. The third-order valence-corrected chi connectivity index (χ3v) is 7.02. The fraction of sp³-hybridized carbons (Fsp3) is 0.310. The van der Waals surface area contributed by atoms with E-state index in [1.54, 1.807) is 7.11 Å². The maximum absolute atomic E-state index is 13.2. The van der Waals surface area contributed by atoms with Gasteiger partial charge in [-0.2, -0.15) is 0 Å². The van der Waals surface area contributed by atoms with Crippen LogP contribution in [0, 0.1) is 5.92 Å². The zero-order valence-corrected chi connectivity index (χ0v) is 19.4. The Bertz CT molecular complexity index is 1160. The van der Waals surface area contributed by atoms with Crippen molar-refractivity contribution in [1.29, 1.82) is 0 Å². The molecule has 5 nitrogen and oxygen atoms in total. The number of hydrogen-bond acceptors (Lipinski definition) is 4. The van der Waals surface area contributed by atoms with Crippen molar-refractivity contribution in [1.82, 2.24) is 4.90 Å². The van der Waals surface area contributed by atoms with Gasteiger partial charge in [0.1, 0.15) is 18.1 Å². The number of fused-ring (bicyclic) bond motifs is 1. The zero-order valence-electron chi connectivity index (χ0n) is 19.4. The lowest BCUT2D eigenvalue weighted by atomic mass is 9.76. The Kier molecular flexibility index (Phi) is 6.35. The van der Waals surface area contributed by atoms with Crippen molar-refractivity contribution in [2.24, 2.45) is 5.92 Å². The largest absolute Gasteiger partial charge is 0.497 e. The summed E-state index contributed by atoms with van der Waals surface area (Å²) in [7, 11) is 1.68. The van der Waals surface area contributed by atoms with Crippen molar-refractivity contribution in [3.8, 4) is 11.5 Å². The number of nitrogens with zero attached hydrogens (tertiary/aromatic N) is 1. The van der Waals surface area contributed by atoms with E-state index in [1.165, 1.54) is 11.1 Å². The summed E-state index contributed by atoms with van der Waals surface area (Å²) < 4.78 is 10.8. The van der Waals surface area contributed by atoms with Crippen molar-refractivity contribution in [3.63, 3.8) is 0 Å². The van der Waals surface area contributed by atoms with Gasteiger partial charge in [-0.3, -0.25) is 9.59 Å². The molecule has 2 heterocycles. The molecule has 0 N–H and O–H groups in total. The number of amides is 1. The predicted molar refractivity (Wildman–Crippen MR) is 131 cm³/mol. The van der Waals surface area contributed by atoms with Gasteiger partial charge in [0.2, 0.25) is 0 Å². The molecular formula is C29H29NO4. The van der Waals surface area contributed by atoms with Crippen molar-refractivity contribution in [3.05, 3.63) is 95.1 Å². The third kappa shape index (κ3) is 4.56. The number of ketones is 1. The molecule has 0 aromatic heterocycles. The number of methoxy groups -OCH3 is 1. The van der Waals surface area contributed by atoms with E-state index in [9.17, 15) is 9.59 Å². The van der Waals surface area contributed by atoms with Gasteiger partial charge in [-0.05, 0) is 60.2 Å². The highest BCUT2D eigenvalue weighted by Gasteiger charge is 2.31. The van der Waals surface area contributed by atoms with Crippen LogP contribution in [-0.2, 0) is 11.2 Å². The molecule has 0 aliphatic carbocycles. The fourth-order valence-corrected chi connectivity index (χ4v) is 5.24. The number of ether oxygens (including phenoxy) is 2. The molecule has 2 aliphatic heterocycles. The van der Waals surface area contributed by atoms with Crippen molar-refractivity contribution < 1.29 is 19.1 Å². The second kappa shape index (κ2) is 9.72. The number of carbonyl (C=O) groups excluding carboxylic acids is 2. The summed E-state index contributed by atoms with van der Waals surface area (Å²) in [5.41, 5.74) is 4.01. The zero-order chi connectivity index (χ0) is 23.5. The predicted octanol–water partition coefficient (Wildman–Crippen LogP) is 4.88. The molecule has 0 radical (unpaired) electrons. The average molecular weight is 456 g/mol. The topological polar surface area (TPSA) is 55.8 Å². The summed E-state index contributed by atoms with van der Waals surface area (Å²) in [6.45, 7) is 1.55. The monoisotopic (exact) mass is 455 g/mol. The van der Waals surface area contributed by atoms with E-state index >= 15 is 0 Å². The maximum Gasteiger partial charge on any atom is 0.253 e. The van der Waals surface area contributed by atoms with Gasteiger partial charge in [0.25, 0.3) is 5.91 Å². The number of benzene rings is 3. The number of Topliss-reactive ketones (excluding diaryl/α,β-unsaturated/α-hetero) is 1. The SMILES string of the molecule is COc1ccc([C@H](c2ccccc2)C2CCN(C(=O)c3ccc4c(c3)CC(=O)CO4)CC2)cc1. The maximum atomic E-state index is 13.2. The van der Waals surface area contributed by atoms with E-state index in [4.69, 9.17) is 9.47 Å². The van der Waals surface area contributed by atoms with E-state index in [-0.39, 0.29) is 24.2 Å². The number of hydrogen-bond donors (Lipinski definition) is 0. The molecule has 34 heavy (non-hydrogen) atoms. The van der Waals surface area contributed by atoms with Crippen LogP contribution >= 0.6 is 0 Å². The van der Waals surface area contributed by atoms with Gasteiger partial charge in [0.15, 0.2) is 5.78 Å². The lowest BCUT2D eigenvalue weighted by Crippen LogP contribution is -2.40. The van der Waals surface area contributed by atoms with E-state index in [0.717, 1.165) is 37.2 Å². The van der Waals surface area contributed by atoms with E-state index in [1.807, 2.05) is 41.3 Å². The van der Waals surface area contributed by atoms with Gasteiger partial charge < -0.3 is 14.4 Å². The van der Waals surface area contributed by atoms with Crippen LogP contribution in [0.25, 0.3) is 0 Å². The number of carbonyl (C=O) groups is 2. The molecule has 3 aromatic carbocycles. The molecule has 1 amide bonds. The number of likely N-dealkylation sites (tertiary alicyclic amines) is 1. The van der Waals surface area contributed by atoms with Gasteiger partial charge in [0.05, 0.1) is 7.11 Å². The average Bonchev–Trinajstić information content (AvgIpc) is 2.89. The Morgan fingerprint density at radius 3 is 2.38 bits per heavy atom. The molecule has 2 aliphatic rings. The molecule has 1 saturated heterocycles. The van der Waals surface area contributed by atoms with E-state index in [0.29, 0.717) is 23.7 Å². The first-order valence-corrected chi connectivity index (χ1v) is 11.9. The molecule has 3 aromatic rings. The Morgan fingerprint density at radius 2 is 1.68 bits per heavy atom. The van der Waals surface area contributed by atoms with Gasteiger partial charge in [0, 0.05) is 36.6 Å². The van der Waals surface area contributed by atoms with Crippen LogP contribution in [0.3, 0.4) is 0 Å². The highest BCUT2D eigenvalue weighted by molar-refractivity contribution is 5.95. The Hall–Kier alpha value is -3.60. The molecule has 1 atom stereocenters. The molecule has 5 rings (SSSR count). The first-order valence-electron chi connectivity index (χ1n) is 11.9. The number of rotatable bonds is 5. The standard InChI is InChI=1S/C29H29NO4/c1-33-26-10-7-21(8-11-26)28(20-5-3-2-4-6-20)22-13-15-30(16-14-22)29(32)23-9-12-27-24(17-23)18-25(31)19-34-27/h2-12,17,22,28H,13-16,18-19H2,1H3/t28-/m0/s1. The molecule has 0 saturated carbocycles. The summed E-state index contributed by atoms with van der Waals surface area (Å²) in [6, 6.07) is 24.4. The van der Waals surface area contributed by atoms with Crippen molar-refractivity contribution >= 4 is 11.7 Å². The molecule has 1 fully saturated rings. The number of piperidine rings is 1. The normalized spacial score (nSPS) is 17.0. The van der Waals surface area contributed by atoms with Gasteiger partial charge in [-0.1, -0.05) is 42.5 Å². The van der Waals surface area contributed by atoms with Crippen LogP contribution in [0.5, 0.6) is 11.5 Å². The summed E-state index contributed by atoms with van der Waals surface area (Å²) in [5.74, 6) is 2.35. The minimum atomic E-state index is 0.0278. The van der Waals surface area contributed by atoms with E-state index in [2.05, 4.69) is 36.4 Å². The van der Waals surface area contributed by atoms with E-state index < -0.39 is 0 Å². The molecule has 5 heteroatoms.